The molecular formula is C20H28N2O4. The SMILES string of the molecule is O=C(NC1CCCCCCC1)[C@@H]1C[C@H](O)CN1C(=O)Oc1ccccc1. The van der Waals surface area contributed by atoms with Gasteiger partial charge in [0.25, 0.3) is 0 Å². The lowest BCUT2D eigenvalue weighted by molar-refractivity contribution is -0.125. The number of hydrogen-bond donors (Lipinski definition) is 2. The van der Waals surface area contributed by atoms with Crippen molar-refractivity contribution in [3.8, 4) is 5.75 Å². The van der Waals surface area contributed by atoms with Crippen molar-refractivity contribution in [2.45, 2.75) is 69.6 Å². The minimum atomic E-state index is -0.702. The summed E-state index contributed by atoms with van der Waals surface area (Å²) >= 11 is 0. The van der Waals surface area contributed by atoms with E-state index in [1.54, 1.807) is 24.3 Å². The van der Waals surface area contributed by atoms with E-state index in [0.29, 0.717) is 5.75 Å². The molecule has 6 nitrogen and oxygen atoms in total. The fraction of sp³-hybridized carbons (Fsp3) is 0.600. The molecule has 1 aromatic carbocycles. The van der Waals surface area contributed by atoms with Crippen molar-refractivity contribution in [2.24, 2.45) is 0 Å². The molecule has 1 aliphatic heterocycles. The molecule has 0 unspecified atom stereocenters. The number of amides is 2. The number of β-amino-alcohol motifs (C(OH)–C–C–N with tert-alkyl or cyclic N) is 1. The minimum Gasteiger partial charge on any atom is -0.410 e. The van der Waals surface area contributed by atoms with Crippen LogP contribution in [-0.4, -0.2) is 46.7 Å². The molecule has 2 amide bonds. The summed E-state index contributed by atoms with van der Waals surface area (Å²) in [5.41, 5.74) is 0. The number of likely N-dealkylation sites (tertiary alicyclic amines) is 1. The van der Waals surface area contributed by atoms with Gasteiger partial charge in [-0.15, -0.1) is 0 Å². The van der Waals surface area contributed by atoms with E-state index >= 15 is 0 Å². The number of para-hydroxylation sites is 1. The quantitative estimate of drug-likeness (QED) is 0.869. The van der Waals surface area contributed by atoms with E-state index in [0.717, 1.165) is 25.7 Å². The zero-order valence-corrected chi connectivity index (χ0v) is 15.1. The molecule has 2 fully saturated rings. The molecule has 1 saturated carbocycles. The van der Waals surface area contributed by atoms with Crippen molar-refractivity contribution in [1.82, 2.24) is 10.2 Å². The summed E-state index contributed by atoms with van der Waals surface area (Å²) in [6.07, 6.45) is 6.86. The molecule has 1 aromatic rings. The monoisotopic (exact) mass is 360 g/mol. The largest absolute Gasteiger partial charge is 0.416 e. The smallest absolute Gasteiger partial charge is 0.410 e. The Labute approximate surface area is 154 Å². The Hall–Kier alpha value is -2.08. The van der Waals surface area contributed by atoms with Crippen molar-refractivity contribution < 1.29 is 19.4 Å². The Balaban J connectivity index is 1.60. The van der Waals surface area contributed by atoms with Gasteiger partial charge >= 0.3 is 6.09 Å². The number of ether oxygens (including phenoxy) is 1. The summed E-state index contributed by atoms with van der Waals surface area (Å²) in [6.45, 7) is 0.119. The number of benzene rings is 1. The zero-order chi connectivity index (χ0) is 18.4. The van der Waals surface area contributed by atoms with Crippen molar-refractivity contribution in [3.05, 3.63) is 30.3 Å². The van der Waals surface area contributed by atoms with Crippen LogP contribution in [-0.2, 0) is 4.79 Å². The van der Waals surface area contributed by atoms with Gasteiger partial charge in [-0.3, -0.25) is 9.69 Å². The standard InChI is InChI=1S/C20H28N2O4/c23-16-13-18(19(24)21-15-9-5-2-1-3-6-10-15)22(14-16)20(25)26-17-11-7-4-8-12-17/h4,7-8,11-12,15-16,18,23H,1-3,5-6,9-10,13-14H2,(H,21,24)/t16-,18-/m0/s1. The number of nitrogens with one attached hydrogen (secondary N) is 1. The summed E-state index contributed by atoms with van der Waals surface area (Å²) in [6, 6.07) is 8.25. The topological polar surface area (TPSA) is 78.9 Å². The van der Waals surface area contributed by atoms with Crippen LogP contribution < -0.4 is 10.1 Å². The lowest BCUT2D eigenvalue weighted by atomic mass is 9.96. The maximum Gasteiger partial charge on any atom is 0.416 e. The van der Waals surface area contributed by atoms with E-state index in [-0.39, 0.29) is 24.9 Å². The lowest BCUT2D eigenvalue weighted by Crippen LogP contribution is -2.49. The third kappa shape index (κ3) is 4.97. The Kier molecular flexibility index (Phi) is 6.50. The average Bonchev–Trinajstić information content (AvgIpc) is 3.00. The summed E-state index contributed by atoms with van der Waals surface area (Å²) < 4.78 is 5.35. The highest BCUT2D eigenvalue weighted by Crippen LogP contribution is 2.22. The van der Waals surface area contributed by atoms with Gasteiger partial charge in [-0.05, 0) is 25.0 Å². The number of carbonyl (C=O) groups is 2. The Morgan fingerprint density at radius 3 is 2.38 bits per heavy atom. The van der Waals surface area contributed by atoms with Crippen LogP contribution in [0.15, 0.2) is 30.3 Å². The molecule has 1 aliphatic carbocycles. The normalized spacial score (nSPS) is 24.6. The van der Waals surface area contributed by atoms with Crippen molar-refractivity contribution in [1.29, 1.82) is 0 Å². The number of carbonyl (C=O) groups excluding carboxylic acids is 2. The van der Waals surface area contributed by atoms with Gasteiger partial charge in [0.05, 0.1) is 12.6 Å². The fourth-order valence-electron chi connectivity index (χ4n) is 3.81. The molecule has 0 aromatic heterocycles. The number of aliphatic hydroxyl groups is 1. The van der Waals surface area contributed by atoms with Gasteiger partial charge in [0.15, 0.2) is 0 Å². The Morgan fingerprint density at radius 2 is 1.69 bits per heavy atom. The third-order valence-corrected chi connectivity index (χ3v) is 5.22. The molecule has 6 heteroatoms. The first-order valence-electron chi connectivity index (χ1n) is 9.65. The van der Waals surface area contributed by atoms with Gasteiger partial charge in [0, 0.05) is 12.5 Å². The van der Waals surface area contributed by atoms with E-state index in [4.69, 9.17) is 4.74 Å². The van der Waals surface area contributed by atoms with Crippen LogP contribution in [0.2, 0.25) is 0 Å². The predicted octanol–water partition coefficient (Wildman–Crippen LogP) is 2.85. The van der Waals surface area contributed by atoms with Crippen LogP contribution in [0.1, 0.15) is 51.4 Å². The number of hydrogen-bond acceptors (Lipinski definition) is 4. The Bertz CT molecular complexity index is 599. The van der Waals surface area contributed by atoms with Crippen LogP contribution in [0.4, 0.5) is 4.79 Å². The molecule has 142 valence electrons. The molecule has 0 spiro atoms. The molecule has 2 aliphatic rings. The molecule has 1 saturated heterocycles. The van der Waals surface area contributed by atoms with Crippen LogP contribution in [0, 0.1) is 0 Å². The van der Waals surface area contributed by atoms with Crippen LogP contribution >= 0.6 is 0 Å². The molecule has 1 heterocycles. The molecule has 0 radical (unpaired) electrons. The highest BCUT2D eigenvalue weighted by atomic mass is 16.6. The maximum atomic E-state index is 12.8. The Morgan fingerprint density at radius 1 is 1.04 bits per heavy atom. The second-order valence-corrected chi connectivity index (χ2v) is 7.29. The molecule has 0 bridgehead atoms. The fourth-order valence-corrected chi connectivity index (χ4v) is 3.81. The highest BCUT2D eigenvalue weighted by Gasteiger charge is 2.40. The molecule has 2 atom stereocenters. The number of aliphatic hydroxyl groups excluding tert-OH is 1. The summed E-state index contributed by atoms with van der Waals surface area (Å²) in [5, 5.41) is 13.1. The summed E-state index contributed by atoms with van der Waals surface area (Å²) in [7, 11) is 0. The summed E-state index contributed by atoms with van der Waals surface area (Å²) in [4.78, 5) is 26.6. The van der Waals surface area contributed by atoms with Gasteiger partial charge in [-0.2, -0.15) is 0 Å². The first kappa shape index (κ1) is 18.7. The highest BCUT2D eigenvalue weighted by molar-refractivity contribution is 5.87. The van der Waals surface area contributed by atoms with Crippen molar-refractivity contribution in [2.75, 3.05) is 6.54 Å². The zero-order valence-electron chi connectivity index (χ0n) is 15.1. The molecular weight excluding hydrogens is 332 g/mol. The molecule has 2 N–H and O–H groups in total. The van der Waals surface area contributed by atoms with Crippen LogP contribution in [0.25, 0.3) is 0 Å². The van der Waals surface area contributed by atoms with Gasteiger partial charge in [-0.25, -0.2) is 4.79 Å². The van der Waals surface area contributed by atoms with Gasteiger partial charge in [0.2, 0.25) is 5.91 Å². The van der Waals surface area contributed by atoms with Gasteiger partial charge in [-0.1, -0.05) is 50.3 Å². The van der Waals surface area contributed by atoms with Crippen molar-refractivity contribution >= 4 is 12.0 Å². The third-order valence-electron chi connectivity index (χ3n) is 5.22. The maximum absolute atomic E-state index is 12.8. The number of rotatable bonds is 3. The number of nitrogens with zero attached hydrogens (tertiary/aromatic N) is 1. The second kappa shape index (κ2) is 9.03. The molecule has 3 rings (SSSR count). The van der Waals surface area contributed by atoms with E-state index in [1.807, 2.05) is 6.07 Å². The predicted molar refractivity (Wildman–Crippen MR) is 97.8 cm³/mol. The average molecular weight is 360 g/mol. The first-order chi connectivity index (χ1) is 12.6. The van der Waals surface area contributed by atoms with Crippen molar-refractivity contribution in [3.63, 3.8) is 0 Å². The van der Waals surface area contributed by atoms with E-state index in [2.05, 4.69) is 5.32 Å². The van der Waals surface area contributed by atoms with E-state index in [1.165, 1.54) is 24.2 Å². The minimum absolute atomic E-state index is 0.119. The van der Waals surface area contributed by atoms with E-state index < -0.39 is 18.2 Å². The summed E-state index contributed by atoms with van der Waals surface area (Å²) in [5.74, 6) is 0.246. The first-order valence-corrected chi connectivity index (χ1v) is 9.65. The van der Waals surface area contributed by atoms with Gasteiger partial charge in [0.1, 0.15) is 11.8 Å². The van der Waals surface area contributed by atoms with Gasteiger partial charge < -0.3 is 15.2 Å². The lowest BCUT2D eigenvalue weighted by Gasteiger charge is -2.26. The van der Waals surface area contributed by atoms with Crippen LogP contribution in [0.5, 0.6) is 5.75 Å². The second-order valence-electron chi connectivity index (χ2n) is 7.29. The molecule has 26 heavy (non-hydrogen) atoms. The van der Waals surface area contributed by atoms with Crippen LogP contribution in [0.3, 0.4) is 0 Å². The van der Waals surface area contributed by atoms with E-state index in [9.17, 15) is 14.7 Å².